The van der Waals surface area contributed by atoms with E-state index in [9.17, 15) is 4.79 Å². The lowest BCUT2D eigenvalue weighted by Crippen LogP contribution is -2.26. The van der Waals surface area contributed by atoms with Crippen molar-refractivity contribution in [1.29, 1.82) is 0 Å². The average molecular weight is 257 g/mol. The predicted octanol–water partition coefficient (Wildman–Crippen LogP) is 3.02. The van der Waals surface area contributed by atoms with Gasteiger partial charge in [-0.3, -0.25) is 4.79 Å². The van der Waals surface area contributed by atoms with Crippen LogP contribution in [0, 0.1) is 5.92 Å². The summed E-state index contributed by atoms with van der Waals surface area (Å²) in [6, 6.07) is 8.48. The number of para-hydroxylation sites is 1. The average Bonchev–Trinajstić information content (AvgIpc) is 2.72. The Bertz CT molecular complexity index is 641. The van der Waals surface area contributed by atoms with Crippen LogP contribution in [0.5, 0.6) is 0 Å². The van der Waals surface area contributed by atoms with Gasteiger partial charge >= 0.3 is 5.97 Å². The molecule has 3 rings (SSSR count). The van der Waals surface area contributed by atoms with Gasteiger partial charge in [0.15, 0.2) is 0 Å². The molecule has 0 amide bonds. The number of nitrogens with zero attached hydrogens (tertiary/aromatic N) is 1. The van der Waals surface area contributed by atoms with Crippen LogP contribution in [0.4, 0.5) is 0 Å². The fourth-order valence-corrected chi connectivity index (χ4v) is 3.48. The zero-order valence-electron chi connectivity index (χ0n) is 11.6. The lowest BCUT2D eigenvalue weighted by molar-refractivity contribution is -0.146. The van der Waals surface area contributed by atoms with Gasteiger partial charge in [-0.15, -0.1) is 0 Å². The molecule has 3 nitrogen and oxygen atoms in total. The van der Waals surface area contributed by atoms with Crippen molar-refractivity contribution in [3.05, 3.63) is 35.5 Å². The molecule has 1 aromatic heterocycles. The summed E-state index contributed by atoms with van der Waals surface area (Å²) in [6.45, 7) is 2.21. The van der Waals surface area contributed by atoms with Crippen molar-refractivity contribution in [2.24, 2.45) is 13.0 Å². The van der Waals surface area contributed by atoms with Crippen molar-refractivity contribution >= 4 is 16.9 Å². The molecule has 19 heavy (non-hydrogen) atoms. The Morgan fingerprint density at radius 2 is 2.11 bits per heavy atom. The third-order valence-corrected chi connectivity index (χ3v) is 4.38. The Hall–Kier alpha value is -1.77. The highest BCUT2D eigenvalue weighted by molar-refractivity contribution is 5.87. The summed E-state index contributed by atoms with van der Waals surface area (Å²) in [5.74, 6) is 0.317. The Labute approximate surface area is 113 Å². The van der Waals surface area contributed by atoms with Crippen molar-refractivity contribution in [2.45, 2.75) is 25.7 Å². The fraction of sp³-hybridized carbons (Fsp3) is 0.438. The van der Waals surface area contributed by atoms with Gasteiger partial charge in [-0.25, -0.2) is 0 Å². The Kier molecular flexibility index (Phi) is 2.85. The van der Waals surface area contributed by atoms with Gasteiger partial charge in [-0.05, 0) is 24.0 Å². The maximum absolute atomic E-state index is 11.8. The smallest absolute Gasteiger partial charge is 0.309 e. The molecule has 1 aliphatic rings. The lowest BCUT2D eigenvalue weighted by atomic mass is 9.80. The molecule has 0 saturated heterocycles. The standard InChI is InChI=1S/C16H19NO2/c1-10-8-11(16(18)19-3)9-14-15(10)12-6-4-5-7-13(12)17(14)2/h4-7,10-11H,8-9H2,1-3H3. The van der Waals surface area contributed by atoms with Gasteiger partial charge < -0.3 is 9.30 Å². The van der Waals surface area contributed by atoms with E-state index < -0.39 is 0 Å². The molecule has 1 aliphatic carbocycles. The SMILES string of the molecule is COC(=O)C1Cc2c(c3ccccc3n2C)C(C)C1. The fourth-order valence-electron chi connectivity index (χ4n) is 3.48. The molecule has 0 fully saturated rings. The number of hydrogen-bond donors (Lipinski definition) is 0. The first kappa shape index (κ1) is 12.3. The number of methoxy groups -OCH3 is 1. The molecule has 0 saturated carbocycles. The molecule has 1 aromatic carbocycles. The molecule has 2 aromatic rings. The molecule has 1 heterocycles. The van der Waals surface area contributed by atoms with E-state index in [0.717, 1.165) is 12.8 Å². The molecular formula is C16H19NO2. The third kappa shape index (κ3) is 1.76. The number of aromatic nitrogens is 1. The second-order valence-corrected chi connectivity index (χ2v) is 5.50. The van der Waals surface area contributed by atoms with Gasteiger partial charge in [-0.1, -0.05) is 25.1 Å². The zero-order valence-corrected chi connectivity index (χ0v) is 11.6. The highest BCUT2D eigenvalue weighted by Crippen LogP contribution is 2.40. The number of esters is 1. The summed E-state index contributed by atoms with van der Waals surface area (Å²) in [6.07, 6.45) is 1.67. The summed E-state index contributed by atoms with van der Waals surface area (Å²) in [4.78, 5) is 11.8. The number of rotatable bonds is 1. The van der Waals surface area contributed by atoms with Crippen LogP contribution in [-0.2, 0) is 23.0 Å². The Morgan fingerprint density at radius 3 is 2.84 bits per heavy atom. The molecule has 0 N–H and O–H groups in total. The number of benzene rings is 1. The van der Waals surface area contributed by atoms with Crippen LogP contribution in [0.3, 0.4) is 0 Å². The quantitative estimate of drug-likeness (QED) is 0.735. The molecule has 0 aliphatic heterocycles. The summed E-state index contributed by atoms with van der Waals surface area (Å²) in [7, 11) is 3.57. The number of fused-ring (bicyclic) bond motifs is 3. The van der Waals surface area contributed by atoms with Crippen molar-refractivity contribution < 1.29 is 9.53 Å². The van der Waals surface area contributed by atoms with E-state index in [1.807, 2.05) is 0 Å². The van der Waals surface area contributed by atoms with Gasteiger partial charge in [0.2, 0.25) is 0 Å². The van der Waals surface area contributed by atoms with Crippen LogP contribution in [0.15, 0.2) is 24.3 Å². The van der Waals surface area contributed by atoms with Gasteiger partial charge in [0, 0.05) is 30.1 Å². The second-order valence-electron chi connectivity index (χ2n) is 5.50. The molecule has 100 valence electrons. The summed E-state index contributed by atoms with van der Waals surface area (Å²) in [5.41, 5.74) is 3.96. The van der Waals surface area contributed by atoms with Crippen molar-refractivity contribution in [2.75, 3.05) is 7.11 Å². The van der Waals surface area contributed by atoms with Gasteiger partial charge in [0.25, 0.3) is 0 Å². The minimum absolute atomic E-state index is 0.00416. The van der Waals surface area contributed by atoms with E-state index in [2.05, 4.69) is 42.8 Å². The molecule has 2 unspecified atom stereocenters. The van der Waals surface area contributed by atoms with E-state index in [-0.39, 0.29) is 11.9 Å². The number of ether oxygens (including phenoxy) is 1. The minimum atomic E-state index is -0.0808. The highest BCUT2D eigenvalue weighted by Gasteiger charge is 2.33. The first-order valence-corrected chi connectivity index (χ1v) is 6.77. The number of carbonyl (C=O) groups excluding carboxylic acids is 1. The highest BCUT2D eigenvalue weighted by atomic mass is 16.5. The van der Waals surface area contributed by atoms with Crippen LogP contribution in [0.2, 0.25) is 0 Å². The van der Waals surface area contributed by atoms with Gasteiger partial charge in [0.1, 0.15) is 0 Å². The molecule has 0 bridgehead atoms. The first-order chi connectivity index (χ1) is 9.13. The van der Waals surface area contributed by atoms with Crippen LogP contribution < -0.4 is 0 Å². The van der Waals surface area contributed by atoms with Crippen molar-refractivity contribution in [1.82, 2.24) is 4.57 Å². The normalized spacial score (nSPS) is 22.3. The van der Waals surface area contributed by atoms with Gasteiger partial charge in [0.05, 0.1) is 13.0 Å². The minimum Gasteiger partial charge on any atom is -0.469 e. The maximum Gasteiger partial charge on any atom is 0.309 e. The number of hydrogen-bond acceptors (Lipinski definition) is 2. The molecule has 2 atom stereocenters. The Morgan fingerprint density at radius 1 is 1.37 bits per heavy atom. The van der Waals surface area contributed by atoms with Crippen LogP contribution in [-0.4, -0.2) is 17.6 Å². The summed E-state index contributed by atoms with van der Waals surface area (Å²) >= 11 is 0. The summed E-state index contributed by atoms with van der Waals surface area (Å²) in [5, 5.41) is 1.33. The van der Waals surface area contributed by atoms with E-state index in [0.29, 0.717) is 5.92 Å². The topological polar surface area (TPSA) is 31.2 Å². The van der Waals surface area contributed by atoms with E-state index in [4.69, 9.17) is 4.74 Å². The lowest BCUT2D eigenvalue weighted by Gasteiger charge is -2.26. The van der Waals surface area contributed by atoms with Crippen LogP contribution in [0.25, 0.3) is 10.9 Å². The van der Waals surface area contributed by atoms with E-state index >= 15 is 0 Å². The zero-order chi connectivity index (χ0) is 13.6. The monoisotopic (exact) mass is 257 g/mol. The van der Waals surface area contributed by atoms with Crippen LogP contribution >= 0.6 is 0 Å². The second kappa shape index (κ2) is 4.41. The molecule has 0 radical (unpaired) electrons. The van der Waals surface area contributed by atoms with Crippen molar-refractivity contribution in [3.8, 4) is 0 Å². The predicted molar refractivity (Wildman–Crippen MR) is 75.2 cm³/mol. The van der Waals surface area contributed by atoms with Crippen LogP contribution in [0.1, 0.15) is 30.5 Å². The van der Waals surface area contributed by atoms with E-state index in [1.54, 1.807) is 0 Å². The maximum atomic E-state index is 11.8. The van der Waals surface area contributed by atoms with Gasteiger partial charge in [-0.2, -0.15) is 0 Å². The van der Waals surface area contributed by atoms with E-state index in [1.165, 1.54) is 29.3 Å². The molecule has 3 heteroatoms. The largest absolute Gasteiger partial charge is 0.469 e. The first-order valence-electron chi connectivity index (χ1n) is 6.77. The Balaban J connectivity index is 2.15. The molecule has 0 spiro atoms. The molecular weight excluding hydrogens is 238 g/mol. The third-order valence-electron chi connectivity index (χ3n) is 4.38. The number of carbonyl (C=O) groups is 1. The number of aryl methyl sites for hydroxylation is 1. The summed E-state index contributed by atoms with van der Waals surface area (Å²) < 4.78 is 7.15. The van der Waals surface area contributed by atoms with Crippen molar-refractivity contribution in [3.63, 3.8) is 0 Å².